The van der Waals surface area contributed by atoms with Crippen molar-refractivity contribution >= 4 is 29.1 Å². The van der Waals surface area contributed by atoms with Crippen molar-refractivity contribution in [2.75, 3.05) is 46.5 Å². The number of aromatic nitrogens is 1. The van der Waals surface area contributed by atoms with E-state index < -0.39 is 17.7 Å². The van der Waals surface area contributed by atoms with Crippen LogP contribution in [-0.2, 0) is 14.3 Å². The van der Waals surface area contributed by atoms with Gasteiger partial charge in [0.2, 0.25) is 0 Å². The minimum atomic E-state index is -0.770. The quantitative estimate of drug-likeness (QED) is 0.404. The van der Waals surface area contributed by atoms with Crippen LogP contribution in [0.4, 0.5) is 0 Å². The molecule has 9 heteroatoms. The van der Waals surface area contributed by atoms with Crippen LogP contribution in [0.5, 0.6) is 5.75 Å². The lowest BCUT2D eigenvalue weighted by atomic mass is 9.96. The molecule has 0 spiro atoms. The van der Waals surface area contributed by atoms with Crippen LogP contribution < -0.4 is 4.74 Å². The number of ketones is 1. The van der Waals surface area contributed by atoms with Crippen LogP contribution in [0, 0.1) is 0 Å². The molecule has 0 radical (unpaired) electrons. The Morgan fingerprint density at radius 1 is 1.25 bits per heavy atom. The van der Waals surface area contributed by atoms with Crippen molar-refractivity contribution in [2.45, 2.75) is 6.04 Å². The van der Waals surface area contributed by atoms with Gasteiger partial charge in [-0.25, -0.2) is 0 Å². The van der Waals surface area contributed by atoms with E-state index in [4.69, 9.17) is 21.1 Å². The summed E-state index contributed by atoms with van der Waals surface area (Å²) < 4.78 is 10.7. The number of Topliss-reactive ketones (excluding diaryl/α,β-unsaturated/α-hetero) is 1. The van der Waals surface area contributed by atoms with Gasteiger partial charge < -0.3 is 19.5 Å². The van der Waals surface area contributed by atoms with Crippen molar-refractivity contribution in [1.29, 1.82) is 0 Å². The number of hydrogen-bond acceptors (Lipinski definition) is 7. The number of amides is 1. The molecule has 3 heterocycles. The van der Waals surface area contributed by atoms with Gasteiger partial charge in [-0.2, -0.15) is 0 Å². The highest BCUT2D eigenvalue weighted by molar-refractivity contribution is 6.46. The van der Waals surface area contributed by atoms with E-state index in [-0.39, 0.29) is 16.9 Å². The summed E-state index contributed by atoms with van der Waals surface area (Å²) in [7, 11) is 1.46. The standard InChI is InChI=1S/C23H24ClN3O5/c1-31-18-5-4-16(24)13-17(18)21(28)19-20(15-3-2-6-25-14-15)27(23(30)22(19)29)8-7-26-9-11-32-12-10-26/h2-6,13-14,20,28H,7-12H2,1H3/t20-/m1/s1. The Kier molecular flexibility index (Phi) is 6.74. The number of nitrogens with zero attached hydrogens (tertiary/aromatic N) is 3. The summed E-state index contributed by atoms with van der Waals surface area (Å²) in [6.07, 6.45) is 3.21. The molecule has 0 unspecified atom stereocenters. The van der Waals surface area contributed by atoms with Crippen LogP contribution in [0.3, 0.4) is 0 Å². The summed E-state index contributed by atoms with van der Waals surface area (Å²) in [5.41, 5.74) is 0.877. The van der Waals surface area contributed by atoms with Crippen molar-refractivity contribution in [3.8, 4) is 5.75 Å². The number of ether oxygens (including phenoxy) is 2. The minimum Gasteiger partial charge on any atom is -0.507 e. The highest BCUT2D eigenvalue weighted by atomic mass is 35.5. The predicted octanol–water partition coefficient (Wildman–Crippen LogP) is 2.50. The predicted molar refractivity (Wildman–Crippen MR) is 119 cm³/mol. The minimum absolute atomic E-state index is 0.00876. The first-order chi connectivity index (χ1) is 15.5. The van der Waals surface area contributed by atoms with E-state index >= 15 is 0 Å². The van der Waals surface area contributed by atoms with Gasteiger partial charge in [0.15, 0.2) is 0 Å². The Morgan fingerprint density at radius 2 is 2.03 bits per heavy atom. The van der Waals surface area contributed by atoms with Gasteiger partial charge in [0, 0.05) is 43.6 Å². The Bertz CT molecular complexity index is 1040. The molecule has 168 valence electrons. The number of likely N-dealkylation sites (tertiary alicyclic amines) is 1. The van der Waals surface area contributed by atoms with Gasteiger partial charge in [-0.1, -0.05) is 17.7 Å². The summed E-state index contributed by atoms with van der Waals surface area (Å²) >= 11 is 6.13. The van der Waals surface area contributed by atoms with Crippen LogP contribution in [0.15, 0.2) is 48.3 Å². The molecular formula is C23H24ClN3O5. The molecule has 1 aromatic heterocycles. The van der Waals surface area contributed by atoms with Crippen LogP contribution in [0.1, 0.15) is 17.2 Å². The molecule has 0 saturated carbocycles. The third-order valence-corrected chi connectivity index (χ3v) is 5.95. The van der Waals surface area contributed by atoms with Crippen molar-refractivity contribution in [3.05, 3.63) is 64.4 Å². The van der Waals surface area contributed by atoms with Gasteiger partial charge in [0.1, 0.15) is 11.5 Å². The van der Waals surface area contributed by atoms with E-state index in [1.165, 1.54) is 18.1 Å². The fourth-order valence-corrected chi connectivity index (χ4v) is 4.25. The fraction of sp³-hybridized carbons (Fsp3) is 0.348. The molecular weight excluding hydrogens is 434 g/mol. The van der Waals surface area contributed by atoms with E-state index in [9.17, 15) is 14.7 Å². The van der Waals surface area contributed by atoms with E-state index in [2.05, 4.69) is 9.88 Å². The summed E-state index contributed by atoms with van der Waals surface area (Å²) in [5.74, 6) is -1.39. The molecule has 2 aliphatic rings. The molecule has 32 heavy (non-hydrogen) atoms. The number of aliphatic hydroxyl groups is 1. The molecule has 1 atom stereocenters. The Morgan fingerprint density at radius 3 is 2.72 bits per heavy atom. The third kappa shape index (κ3) is 4.34. The van der Waals surface area contributed by atoms with Crippen molar-refractivity contribution < 1.29 is 24.2 Å². The molecule has 4 rings (SSSR count). The second kappa shape index (κ2) is 9.68. The monoisotopic (exact) mass is 457 g/mol. The number of methoxy groups -OCH3 is 1. The zero-order valence-electron chi connectivity index (χ0n) is 17.7. The first-order valence-electron chi connectivity index (χ1n) is 10.3. The normalized spacial score (nSPS) is 21.2. The number of carbonyl (C=O) groups is 2. The molecule has 2 aliphatic heterocycles. The van der Waals surface area contributed by atoms with Gasteiger partial charge in [-0.3, -0.25) is 19.5 Å². The number of aliphatic hydroxyl groups excluding tert-OH is 1. The summed E-state index contributed by atoms with van der Waals surface area (Å²) in [6, 6.07) is 7.48. The Labute approximate surface area is 191 Å². The second-order valence-corrected chi connectivity index (χ2v) is 8.01. The van der Waals surface area contributed by atoms with Gasteiger partial charge in [-0.15, -0.1) is 0 Å². The van der Waals surface area contributed by atoms with Crippen LogP contribution in [0.25, 0.3) is 5.76 Å². The fourth-order valence-electron chi connectivity index (χ4n) is 4.08. The van der Waals surface area contributed by atoms with Crippen molar-refractivity contribution in [1.82, 2.24) is 14.8 Å². The van der Waals surface area contributed by atoms with E-state index in [1.807, 2.05) is 0 Å². The van der Waals surface area contributed by atoms with E-state index in [0.717, 1.165) is 13.1 Å². The lowest BCUT2D eigenvalue weighted by Gasteiger charge is -2.30. The van der Waals surface area contributed by atoms with Crippen LogP contribution in [0.2, 0.25) is 5.02 Å². The second-order valence-electron chi connectivity index (χ2n) is 7.58. The molecule has 1 N–H and O–H groups in total. The molecule has 2 fully saturated rings. The molecule has 1 aromatic carbocycles. The number of carbonyl (C=O) groups excluding carboxylic acids is 2. The molecule has 8 nitrogen and oxygen atoms in total. The molecule has 0 bridgehead atoms. The highest BCUT2D eigenvalue weighted by Gasteiger charge is 2.46. The maximum absolute atomic E-state index is 13.1. The van der Waals surface area contributed by atoms with Crippen molar-refractivity contribution in [3.63, 3.8) is 0 Å². The lowest BCUT2D eigenvalue weighted by molar-refractivity contribution is -0.140. The smallest absolute Gasteiger partial charge is 0.295 e. The van der Waals surface area contributed by atoms with Gasteiger partial charge in [0.25, 0.3) is 11.7 Å². The van der Waals surface area contributed by atoms with Crippen molar-refractivity contribution in [2.24, 2.45) is 0 Å². The average molecular weight is 458 g/mol. The zero-order valence-corrected chi connectivity index (χ0v) is 18.4. The molecule has 1 amide bonds. The van der Waals surface area contributed by atoms with Gasteiger partial charge in [0.05, 0.1) is 37.5 Å². The summed E-state index contributed by atoms with van der Waals surface area (Å²) in [5, 5.41) is 11.6. The maximum atomic E-state index is 13.1. The molecule has 2 saturated heterocycles. The molecule has 2 aromatic rings. The number of rotatable bonds is 6. The Hall–Kier alpha value is -2.94. The summed E-state index contributed by atoms with van der Waals surface area (Å²) in [4.78, 5) is 34.0. The number of halogens is 1. The van der Waals surface area contributed by atoms with E-state index in [1.54, 1.807) is 36.7 Å². The molecule has 0 aliphatic carbocycles. The average Bonchev–Trinajstić information content (AvgIpc) is 3.08. The van der Waals surface area contributed by atoms with Gasteiger partial charge in [-0.05, 0) is 29.8 Å². The van der Waals surface area contributed by atoms with Gasteiger partial charge >= 0.3 is 0 Å². The number of morpholine rings is 1. The highest BCUT2D eigenvalue weighted by Crippen LogP contribution is 2.41. The third-order valence-electron chi connectivity index (χ3n) is 5.72. The topological polar surface area (TPSA) is 92.2 Å². The first-order valence-corrected chi connectivity index (χ1v) is 10.7. The van der Waals surface area contributed by atoms with E-state index in [0.29, 0.717) is 42.6 Å². The maximum Gasteiger partial charge on any atom is 0.295 e. The largest absolute Gasteiger partial charge is 0.507 e. The SMILES string of the molecule is COc1ccc(Cl)cc1C(O)=C1C(=O)C(=O)N(CCN2CCOCC2)[C@@H]1c1cccnc1. The van der Waals surface area contributed by atoms with Crippen LogP contribution >= 0.6 is 11.6 Å². The first kappa shape index (κ1) is 22.3. The Balaban J connectivity index is 1.76. The number of benzene rings is 1. The zero-order chi connectivity index (χ0) is 22.7. The van der Waals surface area contributed by atoms with Crippen LogP contribution in [-0.4, -0.2) is 78.1 Å². The summed E-state index contributed by atoms with van der Waals surface area (Å²) in [6.45, 7) is 3.72. The number of hydrogen-bond donors (Lipinski definition) is 1. The lowest BCUT2D eigenvalue weighted by Crippen LogP contribution is -2.42. The number of pyridine rings is 1.